The summed E-state index contributed by atoms with van der Waals surface area (Å²) >= 11 is 0. The standard InChI is InChI=1S/C25H25NO/c1-16(2)27-23-12-6-11-22-20-9-5-10-21(20)24(26-25(22)23)19-14-13-17-7-3-4-8-18(17)15-19/h3-9,11-16,20-21,24,26H,10H2,1-2H3. The molecule has 0 fully saturated rings. The van der Waals surface area contributed by atoms with Gasteiger partial charge in [-0.05, 0) is 60.2 Å². The van der Waals surface area contributed by atoms with E-state index in [-0.39, 0.29) is 6.10 Å². The fraction of sp³-hybridized carbons (Fsp3) is 0.280. The first-order valence-corrected chi connectivity index (χ1v) is 9.92. The van der Waals surface area contributed by atoms with Crippen molar-refractivity contribution in [2.45, 2.75) is 38.3 Å². The van der Waals surface area contributed by atoms with Crippen molar-refractivity contribution in [3.63, 3.8) is 0 Å². The van der Waals surface area contributed by atoms with E-state index in [0.717, 1.165) is 17.9 Å². The first-order chi connectivity index (χ1) is 13.2. The van der Waals surface area contributed by atoms with Crippen LogP contribution >= 0.6 is 0 Å². The highest BCUT2D eigenvalue weighted by molar-refractivity contribution is 5.83. The maximum atomic E-state index is 6.13. The van der Waals surface area contributed by atoms with E-state index in [4.69, 9.17) is 4.74 Å². The van der Waals surface area contributed by atoms with Crippen LogP contribution in [0.1, 0.15) is 43.4 Å². The number of hydrogen-bond acceptors (Lipinski definition) is 2. The lowest BCUT2D eigenvalue weighted by atomic mass is 9.76. The topological polar surface area (TPSA) is 21.3 Å². The van der Waals surface area contributed by atoms with Gasteiger partial charge < -0.3 is 10.1 Å². The maximum Gasteiger partial charge on any atom is 0.143 e. The number of hydrogen-bond donors (Lipinski definition) is 1. The molecule has 0 spiro atoms. The quantitative estimate of drug-likeness (QED) is 0.545. The summed E-state index contributed by atoms with van der Waals surface area (Å²) in [4.78, 5) is 0. The lowest BCUT2D eigenvalue weighted by Gasteiger charge is -2.38. The Morgan fingerprint density at radius 3 is 2.67 bits per heavy atom. The molecule has 3 atom stereocenters. The van der Waals surface area contributed by atoms with E-state index in [0.29, 0.717) is 17.9 Å². The molecule has 136 valence electrons. The van der Waals surface area contributed by atoms with Crippen molar-refractivity contribution in [3.8, 4) is 5.75 Å². The molecule has 2 nitrogen and oxygen atoms in total. The Bertz CT molecular complexity index is 1020. The van der Waals surface area contributed by atoms with Crippen LogP contribution in [0.3, 0.4) is 0 Å². The van der Waals surface area contributed by atoms with Crippen LogP contribution in [0, 0.1) is 5.92 Å². The minimum Gasteiger partial charge on any atom is -0.489 e. The molecule has 0 amide bonds. The second-order valence-electron chi connectivity index (χ2n) is 7.97. The summed E-state index contributed by atoms with van der Waals surface area (Å²) < 4.78 is 6.13. The number of allylic oxidation sites excluding steroid dienone is 2. The molecule has 1 aliphatic carbocycles. The number of benzene rings is 3. The third kappa shape index (κ3) is 2.80. The average molecular weight is 355 g/mol. The number of fused-ring (bicyclic) bond motifs is 4. The van der Waals surface area contributed by atoms with Crippen LogP contribution in [0.15, 0.2) is 72.8 Å². The second-order valence-corrected chi connectivity index (χ2v) is 7.97. The molecule has 2 aliphatic rings. The van der Waals surface area contributed by atoms with Crippen molar-refractivity contribution in [2.75, 3.05) is 5.32 Å². The van der Waals surface area contributed by atoms with Crippen molar-refractivity contribution >= 4 is 16.5 Å². The Hall–Kier alpha value is -2.74. The number of para-hydroxylation sites is 1. The molecule has 1 heterocycles. The van der Waals surface area contributed by atoms with Gasteiger partial charge in [-0.1, -0.05) is 60.7 Å². The van der Waals surface area contributed by atoms with E-state index in [9.17, 15) is 0 Å². The normalized spacial score (nSPS) is 23.1. The largest absolute Gasteiger partial charge is 0.489 e. The van der Waals surface area contributed by atoms with E-state index in [1.54, 1.807) is 0 Å². The fourth-order valence-corrected chi connectivity index (χ4v) is 4.68. The summed E-state index contributed by atoms with van der Waals surface area (Å²) in [5.41, 5.74) is 3.89. The van der Waals surface area contributed by atoms with Crippen molar-refractivity contribution < 1.29 is 4.74 Å². The van der Waals surface area contributed by atoms with Crippen LogP contribution in [0.25, 0.3) is 10.8 Å². The summed E-state index contributed by atoms with van der Waals surface area (Å²) in [5.74, 6) is 1.97. The summed E-state index contributed by atoms with van der Waals surface area (Å²) in [5, 5.41) is 6.45. The molecule has 0 saturated heterocycles. The number of nitrogens with one attached hydrogen (secondary N) is 1. The van der Waals surface area contributed by atoms with Gasteiger partial charge in [0, 0.05) is 5.92 Å². The highest BCUT2D eigenvalue weighted by Crippen LogP contribution is 2.52. The molecule has 27 heavy (non-hydrogen) atoms. The zero-order valence-corrected chi connectivity index (χ0v) is 15.9. The van der Waals surface area contributed by atoms with Gasteiger partial charge in [0.15, 0.2) is 0 Å². The van der Waals surface area contributed by atoms with Gasteiger partial charge in [-0.2, -0.15) is 0 Å². The molecular weight excluding hydrogens is 330 g/mol. The van der Waals surface area contributed by atoms with Gasteiger partial charge in [-0.15, -0.1) is 0 Å². The number of anilines is 1. The van der Waals surface area contributed by atoms with Gasteiger partial charge in [-0.25, -0.2) is 0 Å². The highest BCUT2D eigenvalue weighted by atomic mass is 16.5. The van der Waals surface area contributed by atoms with Gasteiger partial charge >= 0.3 is 0 Å². The van der Waals surface area contributed by atoms with Gasteiger partial charge in [0.05, 0.1) is 17.8 Å². The molecule has 3 unspecified atom stereocenters. The zero-order chi connectivity index (χ0) is 18.4. The van der Waals surface area contributed by atoms with Gasteiger partial charge in [0.1, 0.15) is 5.75 Å². The molecular formula is C25H25NO. The molecule has 0 bridgehead atoms. The summed E-state index contributed by atoms with van der Waals surface area (Å²) in [6, 6.07) is 22.2. The maximum absolute atomic E-state index is 6.13. The predicted molar refractivity (Wildman–Crippen MR) is 113 cm³/mol. The van der Waals surface area contributed by atoms with E-state index in [1.165, 1.54) is 21.9 Å². The molecule has 3 aromatic carbocycles. The summed E-state index contributed by atoms with van der Waals surface area (Å²) in [6.45, 7) is 4.17. The van der Waals surface area contributed by atoms with Gasteiger partial charge in [-0.3, -0.25) is 0 Å². The fourth-order valence-electron chi connectivity index (χ4n) is 4.68. The second kappa shape index (κ2) is 6.45. The summed E-state index contributed by atoms with van der Waals surface area (Å²) in [6.07, 6.45) is 6.01. The van der Waals surface area contributed by atoms with Crippen molar-refractivity contribution in [2.24, 2.45) is 5.92 Å². The molecule has 3 aromatic rings. The molecule has 1 aliphatic heterocycles. The van der Waals surface area contributed by atoms with Crippen LogP contribution < -0.4 is 10.1 Å². The molecule has 0 radical (unpaired) electrons. The molecule has 1 N–H and O–H groups in total. The molecule has 5 rings (SSSR count). The Labute approximate surface area is 160 Å². The first-order valence-electron chi connectivity index (χ1n) is 9.92. The minimum absolute atomic E-state index is 0.161. The van der Waals surface area contributed by atoms with Crippen molar-refractivity contribution in [1.29, 1.82) is 0 Å². The van der Waals surface area contributed by atoms with E-state index in [1.807, 2.05) is 0 Å². The predicted octanol–water partition coefficient (Wildman–Crippen LogP) is 6.45. The Morgan fingerprint density at radius 1 is 0.963 bits per heavy atom. The summed E-state index contributed by atoms with van der Waals surface area (Å²) in [7, 11) is 0. The van der Waals surface area contributed by atoms with Crippen molar-refractivity contribution in [3.05, 3.63) is 83.9 Å². The van der Waals surface area contributed by atoms with Crippen LogP contribution in [0.5, 0.6) is 5.75 Å². The van der Waals surface area contributed by atoms with Crippen molar-refractivity contribution in [1.82, 2.24) is 0 Å². The van der Waals surface area contributed by atoms with Gasteiger partial charge in [0.2, 0.25) is 0 Å². The van der Waals surface area contributed by atoms with Crippen LogP contribution in [-0.4, -0.2) is 6.10 Å². The Morgan fingerprint density at radius 2 is 1.81 bits per heavy atom. The number of rotatable bonds is 3. The van der Waals surface area contributed by atoms with Crippen LogP contribution in [-0.2, 0) is 0 Å². The third-order valence-electron chi connectivity index (χ3n) is 5.85. The van der Waals surface area contributed by atoms with Crippen LogP contribution in [0.2, 0.25) is 0 Å². The monoisotopic (exact) mass is 355 g/mol. The smallest absolute Gasteiger partial charge is 0.143 e. The SMILES string of the molecule is CC(C)Oc1cccc2c1NC(c1ccc3ccccc3c1)C1CC=CC21. The minimum atomic E-state index is 0.161. The third-order valence-corrected chi connectivity index (χ3v) is 5.85. The van der Waals surface area contributed by atoms with Crippen LogP contribution in [0.4, 0.5) is 5.69 Å². The van der Waals surface area contributed by atoms with E-state index in [2.05, 4.69) is 92.0 Å². The first kappa shape index (κ1) is 16.4. The number of ether oxygens (including phenoxy) is 1. The average Bonchev–Trinajstić information content (AvgIpc) is 3.17. The van der Waals surface area contributed by atoms with E-state index < -0.39 is 0 Å². The zero-order valence-electron chi connectivity index (χ0n) is 15.9. The Kier molecular flexibility index (Phi) is 3.93. The highest BCUT2D eigenvalue weighted by Gasteiger charge is 2.39. The molecule has 0 saturated carbocycles. The molecule has 0 aromatic heterocycles. The van der Waals surface area contributed by atoms with Gasteiger partial charge in [0.25, 0.3) is 0 Å². The van der Waals surface area contributed by atoms with E-state index >= 15 is 0 Å². The lowest BCUT2D eigenvalue weighted by Crippen LogP contribution is -2.29. The molecule has 2 heteroatoms. The Balaban J connectivity index is 1.60. The lowest BCUT2D eigenvalue weighted by molar-refractivity contribution is 0.242.